The molecule has 0 aliphatic heterocycles. The van der Waals surface area contributed by atoms with E-state index in [0.29, 0.717) is 0 Å². The summed E-state index contributed by atoms with van der Waals surface area (Å²) in [6.07, 6.45) is 6.80. The van der Waals surface area contributed by atoms with E-state index in [-0.39, 0.29) is 0 Å². The van der Waals surface area contributed by atoms with E-state index in [1.54, 1.807) is 0 Å². The van der Waals surface area contributed by atoms with Gasteiger partial charge in [0.2, 0.25) is 0 Å². The van der Waals surface area contributed by atoms with E-state index in [2.05, 4.69) is 18.1 Å². The summed E-state index contributed by atoms with van der Waals surface area (Å²) in [5, 5.41) is 5.31. The Morgan fingerprint density at radius 1 is 1.12 bits per heavy atom. The Bertz CT molecular complexity index is 459. The molecule has 3 heteroatoms. The Balaban J connectivity index is 2.04. The van der Waals surface area contributed by atoms with Crippen molar-refractivity contribution in [1.82, 2.24) is 9.78 Å². The van der Waals surface area contributed by atoms with Crippen molar-refractivity contribution < 1.29 is 0 Å². The van der Waals surface area contributed by atoms with Crippen molar-refractivity contribution in [2.24, 2.45) is 0 Å². The molecule has 0 spiro atoms. The van der Waals surface area contributed by atoms with Crippen molar-refractivity contribution in [3.8, 4) is 5.69 Å². The number of halogens is 1. The molecule has 0 aliphatic carbocycles. The van der Waals surface area contributed by atoms with Gasteiger partial charge in [-0.3, -0.25) is 0 Å². The molecule has 0 bridgehead atoms. The van der Waals surface area contributed by atoms with Crippen molar-refractivity contribution in [3.63, 3.8) is 0 Å². The fourth-order valence-electron chi connectivity index (χ4n) is 1.79. The Labute approximate surface area is 107 Å². The van der Waals surface area contributed by atoms with Crippen LogP contribution in [0.2, 0.25) is 5.02 Å². The van der Waals surface area contributed by atoms with Gasteiger partial charge in [0.15, 0.2) is 0 Å². The van der Waals surface area contributed by atoms with Gasteiger partial charge < -0.3 is 0 Å². The summed E-state index contributed by atoms with van der Waals surface area (Å²) in [5.74, 6) is 0. The molecule has 0 saturated heterocycles. The molecule has 0 saturated carbocycles. The van der Waals surface area contributed by atoms with Gasteiger partial charge >= 0.3 is 0 Å². The smallest absolute Gasteiger partial charge is 0.0646 e. The molecule has 0 amide bonds. The summed E-state index contributed by atoms with van der Waals surface area (Å²) in [7, 11) is 0. The Hall–Kier alpha value is -1.28. The van der Waals surface area contributed by atoms with Crippen LogP contribution >= 0.6 is 11.6 Å². The monoisotopic (exact) mass is 248 g/mol. The molecule has 0 N–H and O–H groups in total. The largest absolute Gasteiger partial charge is 0.241 e. The highest BCUT2D eigenvalue weighted by Gasteiger charge is 2.01. The van der Waals surface area contributed by atoms with Crippen molar-refractivity contribution in [3.05, 3.63) is 47.2 Å². The van der Waals surface area contributed by atoms with E-state index < -0.39 is 0 Å². The van der Waals surface area contributed by atoms with Crippen LogP contribution in [-0.4, -0.2) is 9.78 Å². The Morgan fingerprint density at radius 3 is 2.59 bits per heavy atom. The van der Waals surface area contributed by atoms with Crippen LogP contribution in [0.15, 0.2) is 36.5 Å². The number of aryl methyl sites for hydroxylation is 1. The Kier molecular flexibility index (Phi) is 4.21. The summed E-state index contributed by atoms with van der Waals surface area (Å²) in [6, 6.07) is 9.81. The molecular weight excluding hydrogens is 232 g/mol. The average molecular weight is 249 g/mol. The zero-order valence-corrected chi connectivity index (χ0v) is 10.8. The van der Waals surface area contributed by atoms with Crippen molar-refractivity contribution >= 4 is 11.6 Å². The van der Waals surface area contributed by atoms with Crippen molar-refractivity contribution in [2.75, 3.05) is 0 Å². The number of rotatable bonds is 5. The van der Waals surface area contributed by atoms with E-state index in [9.17, 15) is 0 Å². The van der Waals surface area contributed by atoms with Crippen molar-refractivity contribution in [1.29, 1.82) is 0 Å². The number of hydrogen-bond acceptors (Lipinski definition) is 1. The third kappa shape index (κ3) is 3.34. The lowest BCUT2D eigenvalue weighted by Gasteiger charge is -2.01. The van der Waals surface area contributed by atoms with E-state index in [1.165, 1.54) is 19.3 Å². The highest BCUT2D eigenvalue weighted by atomic mass is 35.5. The third-order valence-electron chi connectivity index (χ3n) is 2.77. The molecule has 0 aliphatic rings. The fraction of sp³-hybridized carbons (Fsp3) is 0.357. The van der Waals surface area contributed by atoms with E-state index in [4.69, 9.17) is 11.6 Å². The number of hydrogen-bond donors (Lipinski definition) is 0. The lowest BCUT2D eigenvalue weighted by atomic mass is 10.2. The molecule has 0 radical (unpaired) electrons. The molecule has 2 aromatic rings. The lowest BCUT2D eigenvalue weighted by molar-refractivity contribution is 0.698. The second-order valence-corrected chi connectivity index (χ2v) is 4.62. The molecule has 2 nitrogen and oxygen atoms in total. The van der Waals surface area contributed by atoms with Gasteiger partial charge in [0, 0.05) is 11.2 Å². The first-order chi connectivity index (χ1) is 8.29. The van der Waals surface area contributed by atoms with Crippen LogP contribution in [0.1, 0.15) is 31.9 Å². The van der Waals surface area contributed by atoms with E-state index in [1.807, 2.05) is 35.1 Å². The zero-order valence-electron chi connectivity index (χ0n) is 10.1. The minimum atomic E-state index is 0.754. The van der Waals surface area contributed by atoms with Crippen LogP contribution in [0, 0.1) is 0 Å². The Morgan fingerprint density at radius 2 is 1.88 bits per heavy atom. The summed E-state index contributed by atoms with van der Waals surface area (Å²) in [6.45, 7) is 2.21. The molecule has 1 heterocycles. The topological polar surface area (TPSA) is 17.8 Å². The minimum Gasteiger partial charge on any atom is -0.241 e. The first-order valence-electron chi connectivity index (χ1n) is 6.10. The van der Waals surface area contributed by atoms with Gasteiger partial charge in [-0.05, 0) is 43.2 Å². The lowest BCUT2D eigenvalue weighted by Crippen LogP contribution is -1.96. The second kappa shape index (κ2) is 5.87. The number of benzene rings is 1. The van der Waals surface area contributed by atoms with Gasteiger partial charge in [0.25, 0.3) is 0 Å². The molecule has 90 valence electrons. The molecular formula is C14H17ClN2. The van der Waals surface area contributed by atoms with Gasteiger partial charge in [0.05, 0.1) is 11.4 Å². The minimum absolute atomic E-state index is 0.754. The molecule has 0 atom stereocenters. The normalized spacial score (nSPS) is 10.7. The van der Waals surface area contributed by atoms with E-state index in [0.717, 1.165) is 22.8 Å². The summed E-state index contributed by atoms with van der Waals surface area (Å²) in [5.41, 5.74) is 2.21. The zero-order chi connectivity index (χ0) is 12.1. The molecule has 17 heavy (non-hydrogen) atoms. The first-order valence-corrected chi connectivity index (χ1v) is 6.48. The van der Waals surface area contributed by atoms with Gasteiger partial charge in [-0.15, -0.1) is 0 Å². The molecule has 0 fully saturated rings. The van der Waals surface area contributed by atoms with Crippen LogP contribution in [0.3, 0.4) is 0 Å². The average Bonchev–Trinajstić information content (AvgIpc) is 2.79. The first kappa shape index (κ1) is 12.2. The number of nitrogens with zero attached hydrogens (tertiary/aromatic N) is 2. The predicted molar refractivity (Wildman–Crippen MR) is 71.8 cm³/mol. The highest BCUT2D eigenvalue weighted by molar-refractivity contribution is 6.30. The SMILES string of the molecule is CCCCCc1ccn(-c2ccc(Cl)cc2)n1. The number of aromatic nitrogens is 2. The molecule has 1 aromatic heterocycles. The summed E-state index contributed by atoms with van der Waals surface area (Å²) < 4.78 is 1.90. The standard InChI is InChI=1S/C14H17ClN2/c1-2-3-4-5-13-10-11-17(16-13)14-8-6-12(15)7-9-14/h6-11H,2-5H2,1H3. The van der Waals surface area contributed by atoms with Crippen LogP contribution in [-0.2, 0) is 6.42 Å². The van der Waals surface area contributed by atoms with Gasteiger partial charge in [-0.1, -0.05) is 31.4 Å². The molecule has 0 unspecified atom stereocenters. The quantitative estimate of drug-likeness (QED) is 0.723. The summed E-state index contributed by atoms with van der Waals surface area (Å²) in [4.78, 5) is 0. The maximum atomic E-state index is 5.86. The maximum absolute atomic E-state index is 5.86. The van der Waals surface area contributed by atoms with Gasteiger partial charge in [0.1, 0.15) is 0 Å². The molecule has 1 aromatic carbocycles. The van der Waals surface area contributed by atoms with Crippen molar-refractivity contribution in [2.45, 2.75) is 32.6 Å². The second-order valence-electron chi connectivity index (χ2n) is 4.19. The fourth-order valence-corrected chi connectivity index (χ4v) is 1.91. The highest BCUT2D eigenvalue weighted by Crippen LogP contribution is 2.13. The summed E-state index contributed by atoms with van der Waals surface area (Å²) >= 11 is 5.86. The van der Waals surface area contributed by atoms with Crippen LogP contribution < -0.4 is 0 Å². The van der Waals surface area contributed by atoms with Crippen LogP contribution in [0.5, 0.6) is 0 Å². The maximum Gasteiger partial charge on any atom is 0.0646 e. The third-order valence-corrected chi connectivity index (χ3v) is 3.02. The van der Waals surface area contributed by atoms with Crippen LogP contribution in [0.4, 0.5) is 0 Å². The number of unbranched alkanes of at least 4 members (excludes halogenated alkanes) is 2. The van der Waals surface area contributed by atoms with Crippen LogP contribution in [0.25, 0.3) is 5.69 Å². The van der Waals surface area contributed by atoms with Gasteiger partial charge in [-0.2, -0.15) is 5.10 Å². The molecule has 2 rings (SSSR count). The predicted octanol–water partition coefficient (Wildman–Crippen LogP) is 4.26. The van der Waals surface area contributed by atoms with Gasteiger partial charge in [-0.25, -0.2) is 4.68 Å². The van der Waals surface area contributed by atoms with E-state index >= 15 is 0 Å².